The Morgan fingerprint density at radius 1 is 0.750 bits per heavy atom. The van der Waals surface area contributed by atoms with Gasteiger partial charge in [-0.15, -0.1) is 8.96 Å². The summed E-state index contributed by atoms with van der Waals surface area (Å²) in [5.41, 5.74) is 0. The zero-order valence-electron chi connectivity index (χ0n) is 5.58. The third-order valence-electron chi connectivity index (χ3n) is 1.46. The number of alkyl halides is 4. The third kappa shape index (κ3) is 1.06. The number of hydrogen-bond donors (Lipinski definition) is 0. The minimum atomic E-state index is -5.11. The van der Waals surface area contributed by atoms with E-state index in [9.17, 15) is 26.5 Å². The highest BCUT2D eigenvalue weighted by Crippen LogP contribution is 2.42. The summed E-state index contributed by atoms with van der Waals surface area (Å²) in [7, 11) is 0. The lowest BCUT2D eigenvalue weighted by molar-refractivity contribution is -0.429. The number of rotatable bonds is 0. The predicted octanol–water partition coefficient (Wildman–Crippen LogP) is 1.56. The SMILES string of the molecule is FN1CCN(F)C(F)(F)C1(F)F. The molecule has 0 amide bonds. The molecule has 0 aromatic heterocycles. The van der Waals surface area contributed by atoms with Gasteiger partial charge in [-0.05, 0) is 0 Å². The van der Waals surface area contributed by atoms with Gasteiger partial charge in [0.15, 0.2) is 0 Å². The van der Waals surface area contributed by atoms with Crippen LogP contribution in [0.5, 0.6) is 0 Å². The van der Waals surface area contributed by atoms with Gasteiger partial charge in [0, 0.05) is 0 Å². The van der Waals surface area contributed by atoms with Gasteiger partial charge in [-0.1, -0.05) is 10.2 Å². The van der Waals surface area contributed by atoms with Gasteiger partial charge in [-0.3, -0.25) is 0 Å². The molecule has 0 N–H and O–H groups in total. The smallest absolute Gasteiger partial charge is 0.177 e. The Labute approximate surface area is 63.2 Å². The van der Waals surface area contributed by atoms with E-state index in [2.05, 4.69) is 0 Å². The molecule has 0 saturated carbocycles. The Hall–Kier alpha value is -0.500. The van der Waals surface area contributed by atoms with Crippen LogP contribution < -0.4 is 0 Å². The first-order valence-corrected chi connectivity index (χ1v) is 2.92. The molecule has 0 spiro atoms. The Bertz CT molecular complexity index is 162. The van der Waals surface area contributed by atoms with Crippen LogP contribution in [-0.2, 0) is 0 Å². The summed E-state index contributed by atoms with van der Waals surface area (Å²) in [5.74, 6) is 0. The van der Waals surface area contributed by atoms with E-state index in [1.165, 1.54) is 0 Å². The second kappa shape index (κ2) is 2.49. The third-order valence-corrected chi connectivity index (χ3v) is 1.46. The van der Waals surface area contributed by atoms with Crippen LogP contribution in [-0.4, -0.2) is 35.4 Å². The summed E-state index contributed by atoms with van der Waals surface area (Å²) in [4.78, 5) is 0. The summed E-state index contributed by atoms with van der Waals surface area (Å²) in [6, 6.07) is -10.2. The largest absolute Gasteiger partial charge is 0.409 e. The Kier molecular flexibility index (Phi) is 1.99. The van der Waals surface area contributed by atoms with Crippen LogP contribution in [0, 0.1) is 0 Å². The van der Waals surface area contributed by atoms with Crippen molar-refractivity contribution in [2.75, 3.05) is 13.1 Å². The molecular weight excluding hydrogens is 190 g/mol. The van der Waals surface area contributed by atoms with Gasteiger partial charge in [0.2, 0.25) is 0 Å². The van der Waals surface area contributed by atoms with Gasteiger partial charge in [-0.2, -0.15) is 17.6 Å². The summed E-state index contributed by atoms with van der Waals surface area (Å²) < 4.78 is 72.7. The van der Waals surface area contributed by atoms with Crippen LogP contribution in [0.4, 0.5) is 26.5 Å². The molecule has 1 heterocycles. The molecule has 0 bridgehead atoms. The molecule has 1 fully saturated rings. The number of halogens is 6. The normalized spacial score (nSPS) is 30.5. The minimum absolute atomic E-state index is 1.10. The van der Waals surface area contributed by atoms with Gasteiger partial charge in [0.1, 0.15) is 0 Å². The first-order valence-electron chi connectivity index (χ1n) is 2.92. The van der Waals surface area contributed by atoms with E-state index in [1.54, 1.807) is 0 Å². The van der Waals surface area contributed by atoms with Crippen LogP contribution in [0.1, 0.15) is 0 Å². The lowest BCUT2D eigenvalue weighted by Crippen LogP contribution is -2.63. The van der Waals surface area contributed by atoms with Crippen molar-refractivity contribution < 1.29 is 26.5 Å². The minimum Gasteiger partial charge on any atom is -0.177 e. The molecule has 0 radical (unpaired) electrons. The van der Waals surface area contributed by atoms with Crippen LogP contribution in [0.25, 0.3) is 0 Å². The molecule has 1 aliphatic rings. The van der Waals surface area contributed by atoms with Gasteiger partial charge in [-0.25, -0.2) is 0 Å². The Balaban J connectivity index is 2.92. The highest BCUT2D eigenvalue weighted by atomic mass is 19.3. The average molecular weight is 194 g/mol. The van der Waals surface area contributed by atoms with Gasteiger partial charge in [0.25, 0.3) is 0 Å². The molecule has 0 aromatic rings. The molecule has 1 saturated heterocycles. The van der Waals surface area contributed by atoms with Crippen molar-refractivity contribution in [2.45, 2.75) is 12.1 Å². The second-order valence-electron chi connectivity index (χ2n) is 2.25. The van der Waals surface area contributed by atoms with Crippen molar-refractivity contribution >= 4 is 0 Å². The standard InChI is InChI=1S/C4H4F6N2/c5-3(6)4(7,8)12(10)2-1-11(3)9/h1-2H2. The highest BCUT2D eigenvalue weighted by molar-refractivity contribution is 4.83. The lowest BCUT2D eigenvalue weighted by Gasteiger charge is -2.37. The summed E-state index contributed by atoms with van der Waals surface area (Å²) in [6.45, 7) is -2.20. The summed E-state index contributed by atoms with van der Waals surface area (Å²) >= 11 is 0. The maximum absolute atomic E-state index is 12.1. The van der Waals surface area contributed by atoms with Crippen LogP contribution in [0.2, 0.25) is 0 Å². The predicted molar refractivity (Wildman–Crippen MR) is 25.5 cm³/mol. The van der Waals surface area contributed by atoms with Crippen LogP contribution >= 0.6 is 0 Å². The van der Waals surface area contributed by atoms with Gasteiger partial charge < -0.3 is 0 Å². The number of piperazine rings is 1. The molecule has 12 heavy (non-hydrogen) atoms. The summed E-state index contributed by atoms with van der Waals surface area (Å²) in [6.07, 6.45) is 0. The lowest BCUT2D eigenvalue weighted by atomic mass is 10.3. The maximum Gasteiger partial charge on any atom is 0.409 e. The maximum atomic E-state index is 12.1. The first kappa shape index (κ1) is 9.59. The topological polar surface area (TPSA) is 6.48 Å². The number of hydrogen-bond acceptors (Lipinski definition) is 2. The summed E-state index contributed by atoms with van der Waals surface area (Å²) in [5, 5.41) is -2.74. The Morgan fingerprint density at radius 3 is 1.25 bits per heavy atom. The van der Waals surface area contributed by atoms with Crippen molar-refractivity contribution in [3.63, 3.8) is 0 Å². The van der Waals surface area contributed by atoms with E-state index in [-0.39, 0.29) is 0 Å². The fourth-order valence-corrected chi connectivity index (χ4v) is 0.748. The van der Waals surface area contributed by atoms with Crippen molar-refractivity contribution in [1.82, 2.24) is 10.2 Å². The fraction of sp³-hybridized carbons (Fsp3) is 1.00. The molecule has 0 atom stereocenters. The Morgan fingerprint density at radius 2 is 1.00 bits per heavy atom. The monoisotopic (exact) mass is 194 g/mol. The van der Waals surface area contributed by atoms with Gasteiger partial charge >= 0.3 is 12.1 Å². The van der Waals surface area contributed by atoms with E-state index in [0.29, 0.717) is 0 Å². The van der Waals surface area contributed by atoms with E-state index < -0.39 is 35.4 Å². The molecule has 0 unspecified atom stereocenters. The average Bonchev–Trinajstić information content (AvgIpc) is 1.96. The van der Waals surface area contributed by atoms with Crippen molar-refractivity contribution in [3.05, 3.63) is 0 Å². The molecule has 1 rings (SSSR count). The highest BCUT2D eigenvalue weighted by Gasteiger charge is 2.68. The van der Waals surface area contributed by atoms with Crippen LogP contribution in [0.15, 0.2) is 0 Å². The van der Waals surface area contributed by atoms with E-state index in [4.69, 9.17) is 0 Å². The molecular formula is C4H4F6N2. The molecule has 2 nitrogen and oxygen atoms in total. The van der Waals surface area contributed by atoms with Crippen LogP contribution in [0.3, 0.4) is 0 Å². The van der Waals surface area contributed by atoms with Crippen molar-refractivity contribution in [3.8, 4) is 0 Å². The molecule has 8 heteroatoms. The van der Waals surface area contributed by atoms with E-state index in [0.717, 1.165) is 0 Å². The molecule has 0 aromatic carbocycles. The molecule has 0 aliphatic carbocycles. The van der Waals surface area contributed by atoms with Crippen molar-refractivity contribution in [1.29, 1.82) is 0 Å². The van der Waals surface area contributed by atoms with E-state index in [1.807, 2.05) is 0 Å². The van der Waals surface area contributed by atoms with E-state index >= 15 is 0 Å². The second-order valence-corrected chi connectivity index (χ2v) is 2.25. The van der Waals surface area contributed by atoms with Gasteiger partial charge in [0.05, 0.1) is 13.1 Å². The first-order chi connectivity index (χ1) is 5.30. The van der Waals surface area contributed by atoms with Crippen molar-refractivity contribution in [2.24, 2.45) is 0 Å². The quantitative estimate of drug-likeness (QED) is 0.328. The fourth-order valence-electron chi connectivity index (χ4n) is 0.748. The zero-order valence-corrected chi connectivity index (χ0v) is 5.58. The zero-order chi connectivity index (χ0) is 9.57. The molecule has 1 aliphatic heterocycles. The molecule has 72 valence electrons. The number of nitrogens with zero attached hydrogens (tertiary/aromatic N) is 2.